The van der Waals surface area contributed by atoms with Crippen molar-refractivity contribution in [1.82, 2.24) is 24.6 Å². The molecule has 2 N–H and O–H groups in total. The largest absolute Gasteiger partial charge is 0.383 e. The number of amides is 2. The van der Waals surface area contributed by atoms with Gasteiger partial charge in [-0.15, -0.1) is 0 Å². The third-order valence-corrected chi connectivity index (χ3v) is 7.74. The summed E-state index contributed by atoms with van der Waals surface area (Å²) in [6, 6.07) is 18.8. The Balaban J connectivity index is 1.45. The molecule has 2 atom stereocenters. The molecule has 1 saturated heterocycles. The molecule has 5 rings (SSSR count). The van der Waals surface area contributed by atoms with Crippen LogP contribution in [0, 0.1) is 12.7 Å². The van der Waals surface area contributed by atoms with Gasteiger partial charge in [-0.2, -0.15) is 5.10 Å². The molecule has 1 aliphatic heterocycles. The van der Waals surface area contributed by atoms with E-state index in [1.807, 2.05) is 57.3 Å². The number of hydrogen-bond donors (Lipinski definition) is 2. The third kappa shape index (κ3) is 6.29. The molecule has 2 amide bonds. The number of urea groups is 1. The van der Waals surface area contributed by atoms with Gasteiger partial charge < -0.3 is 14.6 Å². The molecular formula is C32H37FN6O3. The molecule has 0 spiro atoms. The molecule has 9 nitrogen and oxygen atoms in total. The first-order chi connectivity index (χ1) is 20.2. The number of carbonyl (C=O) groups excluding carboxylic acids is 1. The summed E-state index contributed by atoms with van der Waals surface area (Å²) >= 11 is 0. The number of methoxy groups -OCH3 is 1. The summed E-state index contributed by atoms with van der Waals surface area (Å²) in [5.74, 6) is 0.226. The van der Waals surface area contributed by atoms with E-state index in [0.29, 0.717) is 24.7 Å². The second kappa shape index (κ2) is 12.7. The van der Waals surface area contributed by atoms with E-state index in [4.69, 9.17) is 9.84 Å². The van der Waals surface area contributed by atoms with Crippen molar-refractivity contribution in [2.45, 2.75) is 38.8 Å². The molecule has 2 unspecified atom stereocenters. The van der Waals surface area contributed by atoms with Crippen LogP contribution in [-0.4, -0.2) is 64.7 Å². The van der Waals surface area contributed by atoms with Crippen LogP contribution >= 0.6 is 0 Å². The zero-order valence-electron chi connectivity index (χ0n) is 24.4. The number of anilines is 1. The van der Waals surface area contributed by atoms with E-state index in [-0.39, 0.29) is 35.4 Å². The van der Waals surface area contributed by atoms with Crippen molar-refractivity contribution in [2.24, 2.45) is 0 Å². The first-order valence-corrected chi connectivity index (χ1v) is 14.2. The number of rotatable bonds is 9. The maximum Gasteiger partial charge on any atom is 0.320 e. The van der Waals surface area contributed by atoms with E-state index < -0.39 is 0 Å². The summed E-state index contributed by atoms with van der Waals surface area (Å²) in [7, 11) is 1.67. The minimum Gasteiger partial charge on any atom is -0.383 e. The summed E-state index contributed by atoms with van der Waals surface area (Å²) in [6.07, 6.45) is 1.81. The number of hydrogen-bond acceptors (Lipinski definition) is 5. The molecule has 42 heavy (non-hydrogen) atoms. The van der Waals surface area contributed by atoms with E-state index in [9.17, 15) is 14.0 Å². The lowest BCUT2D eigenvalue weighted by molar-refractivity contribution is 0.159. The van der Waals surface area contributed by atoms with E-state index >= 15 is 0 Å². The Labute approximate surface area is 244 Å². The van der Waals surface area contributed by atoms with Crippen molar-refractivity contribution < 1.29 is 13.9 Å². The van der Waals surface area contributed by atoms with Crippen molar-refractivity contribution in [3.8, 4) is 16.9 Å². The van der Waals surface area contributed by atoms with Crippen molar-refractivity contribution in [3.05, 3.63) is 100 Å². The van der Waals surface area contributed by atoms with Gasteiger partial charge >= 0.3 is 6.03 Å². The third-order valence-electron chi connectivity index (χ3n) is 7.74. The van der Waals surface area contributed by atoms with Crippen molar-refractivity contribution in [1.29, 1.82) is 0 Å². The molecule has 1 aliphatic rings. The summed E-state index contributed by atoms with van der Waals surface area (Å²) < 4.78 is 22.3. The molecule has 0 bridgehead atoms. The molecule has 0 aliphatic carbocycles. The van der Waals surface area contributed by atoms with Gasteiger partial charge in [-0.25, -0.2) is 13.9 Å². The molecule has 0 saturated carbocycles. The molecule has 220 valence electrons. The topological polar surface area (TPSA) is 93.4 Å². The summed E-state index contributed by atoms with van der Waals surface area (Å²) in [5, 5.41) is 11.1. The number of nitrogens with one attached hydrogen (secondary N) is 2. The van der Waals surface area contributed by atoms with Gasteiger partial charge in [0.05, 0.1) is 24.0 Å². The predicted octanol–water partition coefficient (Wildman–Crippen LogP) is 4.97. The number of para-hydroxylation sites is 1. The Morgan fingerprint density at radius 2 is 1.81 bits per heavy atom. The van der Waals surface area contributed by atoms with Crippen LogP contribution in [0.15, 0.2) is 77.7 Å². The fourth-order valence-corrected chi connectivity index (χ4v) is 5.51. The Morgan fingerprint density at radius 3 is 2.50 bits per heavy atom. The van der Waals surface area contributed by atoms with Gasteiger partial charge in [-0.1, -0.05) is 30.3 Å². The summed E-state index contributed by atoms with van der Waals surface area (Å²) in [4.78, 5) is 28.2. The molecule has 2 aromatic carbocycles. The van der Waals surface area contributed by atoms with E-state index in [1.54, 1.807) is 40.6 Å². The van der Waals surface area contributed by atoms with Gasteiger partial charge in [-0.05, 0) is 56.7 Å². The Kier molecular flexibility index (Phi) is 8.84. The number of pyridine rings is 1. The number of likely N-dealkylation sites (tertiary alicyclic amines) is 1. The second-order valence-corrected chi connectivity index (χ2v) is 10.9. The average Bonchev–Trinajstić information content (AvgIpc) is 3.53. The SMILES string of the molecule is COCCN1CC(NC(=O)Nc2c(C)c(-c3ccc(=O)n(C(C)C)c3)nn2-c2ccccc2)C(c2ccc(F)cc2)C1. The number of benzene rings is 2. The number of carbonyl (C=O) groups is 1. The zero-order chi connectivity index (χ0) is 29.8. The second-order valence-electron chi connectivity index (χ2n) is 10.9. The first-order valence-electron chi connectivity index (χ1n) is 14.2. The molecule has 3 heterocycles. The molecule has 0 radical (unpaired) electrons. The van der Waals surface area contributed by atoms with Gasteiger partial charge in [0.15, 0.2) is 0 Å². The maximum absolute atomic E-state index is 13.7. The van der Waals surface area contributed by atoms with Crippen molar-refractivity contribution in [3.63, 3.8) is 0 Å². The Hall–Kier alpha value is -4.28. The lowest BCUT2D eigenvalue weighted by Crippen LogP contribution is -2.42. The highest BCUT2D eigenvalue weighted by Gasteiger charge is 2.35. The fourth-order valence-electron chi connectivity index (χ4n) is 5.51. The minimum absolute atomic E-state index is 0.0127. The van der Waals surface area contributed by atoms with Crippen LogP contribution in [0.3, 0.4) is 0 Å². The van der Waals surface area contributed by atoms with Gasteiger partial charge in [0.25, 0.3) is 5.56 Å². The van der Waals surface area contributed by atoms with Crippen LogP contribution in [-0.2, 0) is 4.74 Å². The zero-order valence-corrected chi connectivity index (χ0v) is 24.4. The highest BCUT2D eigenvalue weighted by Crippen LogP contribution is 2.31. The average molecular weight is 573 g/mol. The van der Waals surface area contributed by atoms with Gasteiger partial charge in [0.2, 0.25) is 0 Å². The predicted molar refractivity (Wildman–Crippen MR) is 162 cm³/mol. The molecule has 2 aromatic heterocycles. The highest BCUT2D eigenvalue weighted by molar-refractivity contribution is 5.91. The first kappa shape index (κ1) is 29.2. The van der Waals surface area contributed by atoms with Crippen LogP contribution in [0.25, 0.3) is 16.9 Å². The normalized spacial score (nSPS) is 17.1. The maximum atomic E-state index is 13.7. The smallest absolute Gasteiger partial charge is 0.320 e. The van der Waals surface area contributed by atoms with Crippen LogP contribution < -0.4 is 16.2 Å². The number of halogens is 1. The fraction of sp³-hybridized carbons (Fsp3) is 0.344. The number of ether oxygens (including phenoxy) is 1. The molecule has 10 heteroatoms. The lowest BCUT2D eigenvalue weighted by Gasteiger charge is -2.21. The number of aromatic nitrogens is 3. The molecule has 1 fully saturated rings. The monoisotopic (exact) mass is 572 g/mol. The Morgan fingerprint density at radius 1 is 1.07 bits per heavy atom. The highest BCUT2D eigenvalue weighted by atomic mass is 19.1. The van der Waals surface area contributed by atoms with Crippen molar-refractivity contribution >= 4 is 11.8 Å². The lowest BCUT2D eigenvalue weighted by atomic mass is 9.94. The molecule has 4 aromatic rings. The van der Waals surface area contributed by atoms with Crippen LogP contribution in [0.1, 0.15) is 36.9 Å². The summed E-state index contributed by atoms with van der Waals surface area (Å²) in [6.45, 7) is 8.49. The van der Waals surface area contributed by atoms with Crippen LogP contribution in [0.4, 0.5) is 15.0 Å². The van der Waals surface area contributed by atoms with Gasteiger partial charge in [-0.3, -0.25) is 15.0 Å². The Bertz CT molecular complexity index is 1580. The van der Waals surface area contributed by atoms with Crippen LogP contribution in [0.5, 0.6) is 0 Å². The quantitative estimate of drug-likeness (QED) is 0.296. The van der Waals surface area contributed by atoms with Crippen molar-refractivity contribution in [2.75, 3.05) is 38.7 Å². The van der Waals surface area contributed by atoms with E-state index in [1.165, 1.54) is 12.1 Å². The van der Waals surface area contributed by atoms with Gasteiger partial charge in [0, 0.05) is 62.1 Å². The van der Waals surface area contributed by atoms with E-state index in [0.717, 1.165) is 35.5 Å². The molecular weight excluding hydrogens is 535 g/mol. The van der Waals surface area contributed by atoms with Crippen LogP contribution in [0.2, 0.25) is 0 Å². The standard InChI is InChI=1S/C32H37FN6O3/c1-21(2)38-18-24(12-15-29(38)40)30-22(3)31(39(36-30)26-8-6-5-7-9-26)35-32(41)34-28-20-37(16-17-42-4)19-27(28)23-10-13-25(33)14-11-23/h5-15,18,21,27-28H,16-17,19-20H2,1-4H3,(H2,34,35,41). The minimum atomic E-state index is -0.361. The van der Waals surface area contributed by atoms with E-state index in [2.05, 4.69) is 15.5 Å². The van der Waals surface area contributed by atoms with Gasteiger partial charge in [0.1, 0.15) is 11.6 Å². The summed E-state index contributed by atoms with van der Waals surface area (Å²) in [5.41, 5.74) is 3.88. The number of nitrogens with zero attached hydrogens (tertiary/aromatic N) is 4.